The fourth-order valence-electron chi connectivity index (χ4n) is 3.34. The predicted octanol–water partition coefficient (Wildman–Crippen LogP) is 2.93. The lowest BCUT2D eigenvalue weighted by Gasteiger charge is -2.28. The highest BCUT2D eigenvalue weighted by atomic mass is 32.2. The van der Waals surface area contributed by atoms with E-state index in [1.165, 1.54) is 23.9 Å². The number of aromatic nitrogens is 3. The van der Waals surface area contributed by atoms with Crippen LogP contribution in [0.25, 0.3) is 11.0 Å². The molecule has 2 atom stereocenters. The molecule has 1 aromatic carbocycles. The third kappa shape index (κ3) is 4.30. The minimum absolute atomic E-state index is 0.188. The molecule has 1 fully saturated rings. The van der Waals surface area contributed by atoms with Gasteiger partial charge in [0.05, 0.1) is 23.3 Å². The first-order valence-electron chi connectivity index (χ1n) is 9.71. The number of thioether (sulfide) groups is 1. The molecule has 0 saturated carbocycles. The maximum absolute atomic E-state index is 13.0. The zero-order chi connectivity index (χ0) is 21.3. The zero-order valence-corrected chi connectivity index (χ0v) is 17.4. The van der Waals surface area contributed by atoms with Crippen LogP contribution in [0.2, 0.25) is 0 Å². The summed E-state index contributed by atoms with van der Waals surface area (Å²) >= 11 is 1.43. The van der Waals surface area contributed by atoms with E-state index in [4.69, 9.17) is 0 Å². The number of hydrogen-bond acceptors (Lipinski definition) is 5. The number of carbonyl (C=O) groups is 2. The highest BCUT2D eigenvalue weighted by molar-refractivity contribution is 8.00. The average Bonchev–Trinajstić information content (AvgIpc) is 3.14. The average molecular weight is 428 g/mol. The second-order valence-corrected chi connectivity index (χ2v) is 8.76. The molecule has 3 heterocycles. The smallest absolute Gasteiger partial charge is 0.247 e. The Labute approximate surface area is 177 Å². The van der Waals surface area contributed by atoms with Crippen molar-refractivity contribution in [3.8, 4) is 0 Å². The topological polar surface area (TPSA) is 88.9 Å². The van der Waals surface area contributed by atoms with E-state index in [9.17, 15) is 14.0 Å². The maximum atomic E-state index is 13.0. The van der Waals surface area contributed by atoms with Gasteiger partial charge in [0.15, 0.2) is 5.65 Å². The van der Waals surface area contributed by atoms with E-state index >= 15 is 0 Å². The molecule has 30 heavy (non-hydrogen) atoms. The number of anilines is 1. The number of carbonyl (C=O) groups excluding carboxylic acids is 2. The van der Waals surface area contributed by atoms with E-state index in [-0.39, 0.29) is 28.9 Å². The molecule has 4 rings (SSSR count). The van der Waals surface area contributed by atoms with Gasteiger partial charge in [-0.05, 0) is 44.0 Å². The van der Waals surface area contributed by atoms with Gasteiger partial charge in [-0.15, -0.1) is 11.8 Å². The minimum Gasteiger partial charge on any atom is -0.343 e. The van der Waals surface area contributed by atoms with E-state index < -0.39 is 6.04 Å². The minimum atomic E-state index is -0.624. The molecule has 0 bridgehead atoms. The second-order valence-electron chi connectivity index (χ2n) is 7.52. The van der Waals surface area contributed by atoms with Gasteiger partial charge in [0.25, 0.3) is 0 Å². The van der Waals surface area contributed by atoms with Crippen LogP contribution in [0.5, 0.6) is 0 Å². The molecule has 156 valence electrons. The number of rotatable bonds is 5. The van der Waals surface area contributed by atoms with Gasteiger partial charge >= 0.3 is 0 Å². The van der Waals surface area contributed by atoms with Crippen LogP contribution in [0.15, 0.2) is 42.7 Å². The zero-order valence-electron chi connectivity index (χ0n) is 16.6. The summed E-state index contributed by atoms with van der Waals surface area (Å²) < 4.78 is 14.9. The molecular formula is C21H22FN5O2S. The Balaban J connectivity index is 1.37. The van der Waals surface area contributed by atoms with Crippen LogP contribution in [0.4, 0.5) is 10.1 Å². The van der Waals surface area contributed by atoms with Crippen LogP contribution >= 0.6 is 11.8 Å². The third-order valence-corrected chi connectivity index (χ3v) is 6.22. The van der Waals surface area contributed by atoms with Gasteiger partial charge in [0.2, 0.25) is 11.8 Å². The van der Waals surface area contributed by atoms with Gasteiger partial charge in [-0.1, -0.05) is 12.1 Å². The molecule has 9 heteroatoms. The number of halogens is 1. The van der Waals surface area contributed by atoms with Crippen molar-refractivity contribution in [1.82, 2.24) is 20.1 Å². The summed E-state index contributed by atoms with van der Waals surface area (Å²) in [5.74, 6) is -0.318. The molecule has 1 aliphatic rings. The summed E-state index contributed by atoms with van der Waals surface area (Å²) in [6.07, 6.45) is 3.80. The van der Waals surface area contributed by atoms with Gasteiger partial charge < -0.3 is 10.6 Å². The Bertz CT molecular complexity index is 1080. The predicted molar refractivity (Wildman–Crippen MR) is 115 cm³/mol. The number of pyridine rings is 1. The Kier molecular flexibility index (Phi) is 5.72. The lowest BCUT2D eigenvalue weighted by atomic mass is 10.1. The van der Waals surface area contributed by atoms with Gasteiger partial charge in [0.1, 0.15) is 11.9 Å². The molecule has 0 radical (unpaired) electrons. The monoisotopic (exact) mass is 427 g/mol. The van der Waals surface area contributed by atoms with Gasteiger partial charge in [0, 0.05) is 17.2 Å². The molecule has 1 aliphatic heterocycles. The Morgan fingerprint density at radius 1 is 1.33 bits per heavy atom. The number of hydrogen-bond donors (Lipinski definition) is 2. The lowest BCUT2D eigenvalue weighted by Crippen LogP contribution is -2.52. The Morgan fingerprint density at radius 2 is 2.10 bits per heavy atom. The largest absolute Gasteiger partial charge is 0.343 e. The number of benzene rings is 1. The van der Waals surface area contributed by atoms with Crippen LogP contribution < -0.4 is 10.6 Å². The molecule has 0 spiro atoms. The first kappa shape index (κ1) is 20.3. The summed E-state index contributed by atoms with van der Waals surface area (Å²) in [7, 11) is 0. The molecule has 7 nitrogen and oxygen atoms in total. The Morgan fingerprint density at radius 3 is 2.80 bits per heavy atom. The van der Waals surface area contributed by atoms with Gasteiger partial charge in [-0.3, -0.25) is 9.59 Å². The summed E-state index contributed by atoms with van der Waals surface area (Å²) in [6.45, 7) is 4.05. The van der Waals surface area contributed by atoms with Crippen molar-refractivity contribution in [3.05, 3.63) is 54.1 Å². The lowest BCUT2D eigenvalue weighted by molar-refractivity contribution is -0.126. The number of amides is 2. The van der Waals surface area contributed by atoms with Crippen LogP contribution in [-0.4, -0.2) is 43.6 Å². The molecule has 2 N–H and O–H groups in total. The van der Waals surface area contributed by atoms with Crippen molar-refractivity contribution in [1.29, 1.82) is 0 Å². The first-order valence-corrected chi connectivity index (χ1v) is 10.8. The fourth-order valence-corrected chi connectivity index (χ4v) is 4.53. The molecule has 2 aromatic heterocycles. The molecular weight excluding hydrogens is 405 g/mol. The van der Waals surface area contributed by atoms with Crippen molar-refractivity contribution < 1.29 is 14.0 Å². The summed E-state index contributed by atoms with van der Waals surface area (Å²) in [5.41, 5.74) is 2.20. The Hall–Kier alpha value is -2.94. The normalized spacial score (nSPS) is 19.1. The van der Waals surface area contributed by atoms with Crippen molar-refractivity contribution in [3.63, 3.8) is 0 Å². The fraction of sp³-hybridized carbons (Fsp3) is 0.333. The van der Waals surface area contributed by atoms with E-state index in [2.05, 4.69) is 20.7 Å². The van der Waals surface area contributed by atoms with Crippen LogP contribution in [0.1, 0.15) is 25.5 Å². The standard InChI is InChI=1S/C21H22FN5O2S/c1-12(2)27-19-14(9-24-27)8-16(10-23-19)25-20(28)17-11-30-18(21(29)26-17)7-13-3-5-15(22)6-4-13/h3-6,8-10,12,17-18H,7,11H2,1-2H3,(H,25,28)(H,26,29). The van der Waals surface area contributed by atoms with Gasteiger partial charge in [-0.2, -0.15) is 5.10 Å². The quantitative estimate of drug-likeness (QED) is 0.654. The molecule has 0 aliphatic carbocycles. The van der Waals surface area contributed by atoms with Crippen LogP contribution in [0.3, 0.4) is 0 Å². The first-order chi connectivity index (χ1) is 14.4. The summed E-state index contributed by atoms with van der Waals surface area (Å²) in [4.78, 5) is 29.5. The molecule has 2 unspecified atom stereocenters. The second kappa shape index (κ2) is 8.43. The van der Waals surface area contributed by atoms with E-state index in [1.807, 2.05) is 24.6 Å². The highest BCUT2D eigenvalue weighted by Crippen LogP contribution is 2.24. The third-order valence-electron chi connectivity index (χ3n) is 4.91. The molecule has 1 saturated heterocycles. The van der Waals surface area contributed by atoms with Crippen molar-refractivity contribution >= 4 is 40.3 Å². The maximum Gasteiger partial charge on any atom is 0.247 e. The number of nitrogens with one attached hydrogen (secondary N) is 2. The highest BCUT2D eigenvalue weighted by Gasteiger charge is 2.32. The van der Waals surface area contributed by atoms with E-state index in [1.54, 1.807) is 24.5 Å². The molecule has 3 aromatic rings. The van der Waals surface area contributed by atoms with E-state index in [0.29, 0.717) is 17.9 Å². The van der Waals surface area contributed by atoms with Crippen LogP contribution in [-0.2, 0) is 16.0 Å². The van der Waals surface area contributed by atoms with Crippen LogP contribution in [0, 0.1) is 5.82 Å². The number of fused-ring (bicyclic) bond motifs is 1. The molecule has 2 amide bonds. The van der Waals surface area contributed by atoms with Crippen molar-refractivity contribution in [2.75, 3.05) is 11.1 Å². The number of nitrogens with zero attached hydrogens (tertiary/aromatic N) is 3. The summed E-state index contributed by atoms with van der Waals surface area (Å²) in [5, 5.41) is 10.5. The van der Waals surface area contributed by atoms with Crippen molar-refractivity contribution in [2.45, 2.75) is 37.6 Å². The summed E-state index contributed by atoms with van der Waals surface area (Å²) in [6, 6.07) is 7.49. The SMILES string of the molecule is CC(C)n1ncc2cc(NC(=O)C3CSC(Cc4ccc(F)cc4)C(=O)N3)cnc21. The van der Waals surface area contributed by atoms with Gasteiger partial charge in [-0.25, -0.2) is 14.1 Å². The van der Waals surface area contributed by atoms with Crippen molar-refractivity contribution in [2.24, 2.45) is 0 Å². The van der Waals surface area contributed by atoms with E-state index in [0.717, 1.165) is 16.6 Å².